The molecule has 2 N–H and O–H groups in total. The number of benzene rings is 2. The van der Waals surface area contributed by atoms with Crippen LogP contribution in [-0.2, 0) is 6.54 Å². The second-order valence-electron chi connectivity index (χ2n) is 4.08. The standard InChI is InChI=1S/C14H13BrClNO/c1-9-5-6-13(11(15)7-9)17-8-10-3-2-4-12(16)14(10)18/h2-7,17-18H,8H2,1H3. The predicted molar refractivity (Wildman–Crippen MR) is 79.3 cm³/mol. The van der Waals surface area contributed by atoms with Crippen molar-refractivity contribution < 1.29 is 5.11 Å². The van der Waals surface area contributed by atoms with Crippen LogP contribution < -0.4 is 5.32 Å². The average Bonchev–Trinajstić information content (AvgIpc) is 2.33. The topological polar surface area (TPSA) is 32.3 Å². The molecule has 0 bridgehead atoms. The third-order valence-electron chi connectivity index (χ3n) is 2.66. The van der Waals surface area contributed by atoms with Crippen LogP contribution in [0.2, 0.25) is 5.02 Å². The summed E-state index contributed by atoms with van der Waals surface area (Å²) in [5, 5.41) is 13.4. The highest BCUT2D eigenvalue weighted by Crippen LogP contribution is 2.29. The van der Waals surface area contributed by atoms with Gasteiger partial charge in [0.15, 0.2) is 0 Å². The molecule has 0 spiro atoms. The summed E-state index contributed by atoms with van der Waals surface area (Å²) in [4.78, 5) is 0. The second-order valence-corrected chi connectivity index (χ2v) is 5.35. The summed E-state index contributed by atoms with van der Waals surface area (Å²) >= 11 is 9.36. The van der Waals surface area contributed by atoms with Gasteiger partial charge in [-0.1, -0.05) is 29.8 Å². The maximum atomic E-state index is 9.81. The van der Waals surface area contributed by atoms with Crippen LogP contribution in [-0.4, -0.2) is 5.11 Å². The molecule has 2 aromatic carbocycles. The number of rotatable bonds is 3. The number of anilines is 1. The molecule has 0 aliphatic rings. The number of halogens is 2. The molecule has 18 heavy (non-hydrogen) atoms. The number of hydrogen-bond donors (Lipinski definition) is 2. The van der Waals surface area contributed by atoms with Crippen molar-refractivity contribution in [3.05, 3.63) is 57.0 Å². The Labute approximate surface area is 120 Å². The summed E-state index contributed by atoms with van der Waals surface area (Å²) in [5.41, 5.74) is 2.95. The lowest BCUT2D eigenvalue weighted by molar-refractivity contribution is 0.469. The third-order valence-corrected chi connectivity index (χ3v) is 3.63. The van der Waals surface area contributed by atoms with Crippen LogP contribution in [0.15, 0.2) is 40.9 Å². The molecule has 4 heteroatoms. The molecular formula is C14H13BrClNO. The Morgan fingerprint density at radius 1 is 1.28 bits per heavy atom. The van der Waals surface area contributed by atoms with Gasteiger partial charge < -0.3 is 10.4 Å². The normalized spacial score (nSPS) is 10.4. The van der Waals surface area contributed by atoms with Crippen molar-refractivity contribution in [1.29, 1.82) is 0 Å². The molecule has 2 nitrogen and oxygen atoms in total. The monoisotopic (exact) mass is 325 g/mol. The Balaban J connectivity index is 2.14. The van der Waals surface area contributed by atoms with Crippen LogP contribution in [0.3, 0.4) is 0 Å². The lowest BCUT2D eigenvalue weighted by Gasteiger charge is -2.11. The highest BCUT2D eigenvalue weighted by molar-refractivity contribution is 9.10. The summed E-state index contributed by atoms with van der Waals surface area (Å²) in [6.45, 7) is 2.56. The van der Waals surface area contributed by atoms with E-state index in [2.05, 4.69) is 21.2 Å². The van der Waals surface area contributed by atoms with Gasteiger partial charge >= 0.3 is 0 Å². The van der Waals surface area contributed by atoms with Crippen LogP contribution in [0, 0.1) is 6.92 Å². The second kappa shape index (κ2) is 5.63. The van der Waals surface area contributed by atoms with E-state index in [0.717, 1.165) is 15.7 Å². The maximum absolute atomic E-state index is 9.81. The van der Waals surface area contributed by atoms with Gasteiger partial charge in [0, 0.05) is 22.3 Å². The highest BCUT2D eigenvalue weighted by Gasteiger charge is 2.05. The molecule has 0 radical (unpaired) electrons. The minimum absolute atomic E-state index is 0.134. The van der Waals surface area contributed by atoms with Gasteiger partial charge in [-0.05, 0) is 46.6 Å². The Bertz CT molecular complexity index is 572. The number of aryl methyl sites for hydroxylation is 1. The van der Waals surface area contributed by atoms with Gasteiger partial charge in [-0.15, -0.1) is 0 Å². The molecule has 0 saturated carbocycles. The van der Waals surface area contributed by atoms with E-state index in [1.807, 2.05) is 37.3 Å². The van der Waals surface area contributed by atoms with E-state index in [1.165, 1.54) is 5.56 Å². The molecule has 0 amide bonds. The highest BCUT2D eigenvalue weighted by atomic mass is 79.9. The number of para-hydroxylation sites is 1. The van der Waals surface area contributed by atoms with Crippen molar-refractivity contribution >= 4 is 33.2 Å². The summed E-state index contributed by atoms with van der Waals surface area (Å²) in [6, 6.07) is 11.4. The summed E-state index contributed by atoms with van der Waals surface area (Å²) in [7, 11) is 0. The minimum Gasteiger partial charge on any atom is -0.506 e. The van der Waals surface area contributed by atoms with Crippen molar-refractivity contribution in [1.82, 2.24) is 0 Å². The summed E-state index contributed by atoms with van der Waals surface area (Å²) in [5.74, 6) is 0.134. The van der Waals surface area contributed by atoms with Crippen LogP contribution >= 0.6 is 27.5 Å². The fraction of sp³-hybridized carbons (Fsp3) is 0.143. The molecule has 0 saturated heterocycles. The molecule has 0 unspecified atom stereocenters. The van der Waals surface area contributed by atoms with Crippen molar-refractivity contribution in [3.63, 3.8) is 0 Å². The predicted octanol–water partition coefficient (Wildman–Crippen LogP) is 4.73. The smallest absolute Gasteiger partial charge is 0.139 e. The van der Waals surface area contributed by atoms with E-state index in [0.29, 0.717) is 11.6 Å². The van der Waals surface area contributed by atoms with Gasteiger partial charge in [0.05, 0.1) is 5.02 Å². The van der Waals surface area contributed by atoms with Gasteiger partial charge in [-0.2, -0.15) is 0 Å². The molecule has 0 aliphatic carbocycles. The molecule has 0 atom stereocenters. The van der Waals surface area contributed by atoms with Crippen molar-refractivity contribution in [2.75, 3.05) is 5.32 Å². The minimum atomic E-state index is 0.134. The Kier molecular flexibility index (Phi) is 4.15. The largest absolute Gasteiger partial charge is 0.506 e. The van der Waals surface area contributed by atoms with E-state index < -0.39 is 0 Å². The van der Waals surface area contributed by atoms with Crippen molar-refractivity contribution in [3.8, 4) is 5.75 Å². The fourth-order valence-electron chi connectivity index (χ4n) is 1.66. The van der Waals surface area contributed by atoms with Crippen molar-refractivity contribution in [2.24, 2.45) is 0 Å². The van der Waals surface area contributed by atoms with E-state index in [1.54, 1.807) is 6.07 Å². The lowest BCUT2D eigenvalue weighted by Crippen LogP contribution is -2.00. The first kappa shape index (κ1) is 13.2. The van der Waals surface area contributed by atoms with E-state index in [-0.39, 0.29) is 5.75 Å². The zero-order valence-corrected chi connectivity index (χ0v) is 12.2. The van der Waals surface area contributed by atoms with E-state index in [9.17, 15) is 5.11 Å². The number of hydrogen-bond acceptors (Lipinski definition) is 2. The summed E-state index contributed by atoms with van der Waals surface area (Å²) in [6.07, 6.45) is 0. The SMILES string of the molecule is Cc1ccc(NCc2cccc(Cl)c2O)c(Br)c1. The van der Waals surface area contributed by atoms with Crippen LogP contribution in [0.4, 0.5) is 5.69 Å². The van der Waals surface area contributed by atoms with Gasteiger partial charge in [-0.3, -0.25) is 0 Å². The Hall–Kier alpha value is -1.19. The first-order valence-electron chi connectivity index (χ1n) is 5.54. The molecule has 0 aliphatic heterocycles. The zero-order valence-electron chi connectivity index (χ0n) is 9.87. The number of aromatic hydroxyl groups is 1. The molecule has 0 aromatic heterocycles. The molecule has 2 aromatic rings. The van der Waals surface area contributed by atoms with E-state index in [4.69, 9.17) is 11.6 Å². The van der Waals surface area contributed by atoms with Gasteiger partial charge in [0.25, 0.3) is 0 Å². The zero-order chi connectivity index (χ0) is 13.1. The third kappa shape index (κ3) is 2.98. The summed E-state index contributed by atoms with van der Waals surface area (Å²) < 4.78 is 1.00. The molecule has 0 fully saturated rings. The van der Waals surface area contributed by atoms with Crippen LogP contribution in [0.25, 0.3) is 0 Å². The van der Waals surface area contributed by atoms with Gasteiger partial charge in [0.1, 0.15) is 5.75 Å². The molecule has 94 valence electrons. The maximum Gasteiger partial charge on any atom is 0.139 e. The van der Waals surface area contributed by atoms with E-state index >= 15 is 0 Å². The number of phenolic OH excluding ortho intramolecular Hbond substituents is 1. The first-order valence-corrected chi connectivity index (χ1v) is 6.71. The average molecular weight is 327 g/mol. The van der Waals surface area contributed by atoms with Crippen LogP contribution in [0.1, 0.15) is 11.1 Å². The van der Waals surface area contributed by atoms with Crippen LogP contribution in [0.5, 0.6) is 5.75 Å². The molecular weight excluding hydrogens is 314 g/mol. The molecule has 0 heterocycles. The van der Waals surface area contributed by atoms with Gasteiger partial charge in [0.2, 0.25) is 0 Å². The molecule has 2 rings (SSSR count). The lowest BCUT2D eigenvalue weighted by atomic mass is 10.2. The quantitative estimate of drug-likeness (QED) is 0.854. The van der Waals surface area contributed by atoms with Crippen molar-refractivity contribution in [2.45, 2.75) is 13.5 Å². The number of nitrogens with one attached hydrogen (secondary N) is 1. The fourth-order valence-corrected chi connectivity index (χ4v) is 2.48. The first-order chi connectivity index (χ1) is 8.58. The Morgan fingerprint density at radius 2 is 2.06 bits per heavy atom. The number of phenols is 1. The van der Waals surface area contributed by atoms with Gasteiger partial charge in [-0.25, -0.2) is 0 Å². The Morgan fingerprint density at radius 3 is 2.78 bits per heavy atom.